The lowest BCUT2D eigenvalue weighted by atomic mass is 10.2. The van der Waals surface area contributed by atoms with Gasteiger partial charge in [0.2, 0.25) is 0 Å². The first-order valence-electron chi connectivity index (χ1n) is 4.80. The van der Waals surface area contributed by atoms with E-state index in [0.29, 0.717) is 0 Å². The lowest BCUT2D eigenvalue weighted by molar-refractivity contribution is 0.0955. The molecule has 1 amide bonds. The number of amides is 1. The molecule has 0 radical (unpaired) electrons. The van der Waals surface area contributed by atoms with Crippen molar-refractivity contribution in [3.05, 3.63) is 29.6 Å². The largest absolute Gasteiger partial charge is 0.396 e. The van der Waals surface area contributed by atoms with Gasteiger partial charge >= 0.3 is 0 Å². The van der Waals surface area contributed by atoms with Crippen molar-refractivity contribution in [1.29, 1.82) is 0 Å². The Hall–Kier alpha value is -1.63. The third-order valence-corrected chi connectivity index (χ3v) is 2.97. The number of nitrogen functional groups attached to an aromatic ring is 1. The second-order valence-electron chi connectivity index (χ2n) is 3.62. The lowest BCUT2D eigenvalue weighted by Crippen LogP contribution is -2.28. The van der Waals surface area contributed by atoms with Gasteiger partial charge in [-0.2, -0.15) is 0 Å². The van der Waals surface area contributed by atoms with Gasteiger partial charge < -0.3 is 11.1 Å². The highest BCUT2D eigenvalue weighted by Gasteiger charge is 2.09. The second kappa shape index (κ2) is 5.13. The Bertz CT molecular complexity index is 528. The van der Waals surface area contributed by atoms with Crippen molar-refractivity contribution in [1.82, 2.24) is 5.32 Å². The Balaban J connectivity index is 2.61. The van der Waals surface area contributed by atoms with E-state index >= 15 is 0 Å². The van der Waals surface area contributed by atoms with E-state index in [-0.39, 0.29) is 23.5 Å². The van der Waals surface area contributed by atoms with Crippen molar-refractivity contribution in [2.24, 2.45) is 0 Å². The summed E-state index contributed by atoms with van der Waals surface area (Å²) in [5.74, 6) is -1.37. The van der Waals surface area contributed by atoms with Crippen molar-refractivity contribution in [3.8, 4) is 0 Å². The molecule has 0 aliphatic carbocycles. The standard InChI is InChI=1S/C10H13FN2O3S/c1-17(15,16)5-4-13-10(14)7-2-3-9(12)8(11)6-7/h2-3,6H,4-5,12H2,1H3,(H,13,14). The van der Waals surface area contributed by atoms with Crippen LogP contribution in [-0.2, 0) is 9.84 Å². The number of rotatable bonds is 4. The summed E-state index contributed by atoms with van der Waals surface area (Å²) >= 11 is 0. The van der Waals surface area contributed by atoms with E-state index in [1.54, 1.807) is 0 Å². The zero-order valence-electron chi connectivity index (χ0n) is 9.23. The van der Waals surface area contributed by atoms with Crippen LogP contribution in [0.2, 0.25) is 0 Å². The monoisotopic (exact) mass is 260 g/mol. The molecule has 7 heteroatoms. The molecule has 0 aliphatic rings. The summed E-state index contributed by atoms with van der Waals surface area (Å²) in [5.41, 5.74) is 5.32. The van der Waals surface area contributed by atoms with Gasteiger partial charge in [0.25, 0.3) is 5.91 Å². The molecule has 1 rings (SSSR count). The first kappa shape index (κ1) is 13.4. The van der Waals surface area contributed by atoms with Gasteiger partial charge in [0, 0.05) is 18.4 Å². The predicted octanol–water partition coefficient (Wildman–Crippen LogP) is 0.182. The van der Waals surface area contributed by atoms with Crippen LogP contribution in [-0.4, -0.2) is 32.9 Å². The minimum Gasteiger partial charge on any atom is -0.396 e. The average Bonchev–Trinajstić information content (AvgIpc) is 2.20. The third kappa shape index (κ3) is 4.39. The Morgan fingerprint density at radius 2 is 2.12 bits per heavy atom. The molecule has 5 nitrogen and oxygen atoms in total. The molecule has 0 aromatic heterocycles. The fourth-order valence-electron chi connectivity index (χ4n) is 1.12. The summed E-state index contributed by atoms with van der Waals surface area (Å²) in [6.45, 7) is -0.0103. The van der Waals surface area contributed by atoms with Crippen LogP contribution in [0.1, 0.15) is 10.4 Å². The summed E-state index contributed by atoms with van der Waals surface area (Å²) in [6.07, 6.45) is 1.07. The van der Waals surface area contributed by atoms with Crippen LogP contribution in [0, 0.1) is 5.82 Å². The van der Waals surface area contributed by atoms with E-state index in [9.17, 15) is 17.6 Å². The molecule has 0 unspecified atom stereocenters. The SMILES string of the molecule is CS(=O)(=O)CCNC(=O)c1ccc(N)c(F)c1. The van der Waals surface area contributed by atoms with E-state index in [1.807, 2.05) is 0 Å². The highest BCUT2D eigenvalue weighted by Crippen LogP contribution is 2.11. The van der Waals surface area contributed by atoms with Crippen molar-refractivity contribution >= 4 is 21.4 Å². The van der Waals surface area contributed by atoms with Crippen LogP contribution in [0.5, 0.6) is 0 Å². The third-order valence-electron chi connectivity index (χ3n) is 2.02. The number of hydrogen-bond donors (Lipinski definition) is 2. The van der Waals surface area contributed by atoms with Gasteiger partial charge in [-0.05, 0) is 18.2 Å². The number of nitrogens with two attached hydrogens (primary N) is 1. The predicted molar refractivity (Wildman–Crippen MR) is 62.9 cm³/mol. The van der Waals surface area contributed by atoms with Crippen LogP contribution < -0.4 is 11.1 Å². The maximum Gasteiger partial charge on any atom is 0.251 e. The molecular weight excluding hydrogens is 247 g/mol. The zero-order valence-corrected chi connectivity index (χ0v) is 10.1. The molecule has 0 saturated carbocycles. The molecule has 1 aromatic rings. The summed E-state index contributed by atoms with van der Waals surface area (Å²) in [4.78, 5) is 11.5. The molecule has 1 aromatic carbocycles. The molecule has 0 bridgehead atoms. The number of benzene rings is 1. The quantitative estimate of drug-likeness (QED) is 0.756. The van der Waals surface area contributed by atoms with Gasteiger partial charge in [-0.3, -0.25) is 4.79 Å². The van der Waals surface area contributed by atoms with Crippen molar-refractivity contribution in [2.75, 3.05) is 24.3 Å². The van der Waals surface area contributed by atoms with Crippen molar-refractivity contribution in [3.63, 3.8) is 0 Å². The zero-order chi connectivity index (χ0) is 13.1. The number of anilines is 1. The molecule has 0 atom stereocenters. The average molecular weight is 260 g/mol. The minimum atomic E-state index is -3.13. The molecule has 0 aliphatic heterocycles. The Labute approximate surface area is 98.7 Å². The normalized spacial score (nSPS) is 11.2. The summed E-state index contributed by atoms with van der Waals surface area (Å²) in [5, 5.41) is 2.38. The summed E-state index contributed by atoms with van der Waals surface area (Å²) in [6, 6.07) is 3.65. The molecule has 0 saturated heterocycles. The fraction of sp³-hybridized carbons (Fsp3) is 0.300. The Kier molecular flexibility index (Phi) is 4.06. The van der Waals surface area contributed by atoms with E-state index in [2.05, 4.69) is 5.32 Å². The van der Waals surface area contributed by atoms with Gasteiger partial charge in [0.15, 0.2) is 0 Å². The number of carbonyl (C=O) groups excluding carboxylic acids is 1. The first-order valence-corrected chi connectivity index (χ1v) is 6.86. The minimum absolute atomic E-state index is 0.0103. The number of hydrogen-bond acceptors (Lipinski definition) is 4. The number of sulfone groups is 1. The maximum absolute atomic E-state index is 13.1. The molecule has 0 heterocycles. The van der Waals surface area contributed by atoms with Gasteiger partial charge in [0.05, 0.1) is 11.4 Å². The number of halogens is 1. The maximum atomic E-state index is 13.1. The lowest BCUT2D eigenvalue weighted by Gasteiger charge is -2.05. The highest BCUT2D eigenvalue weighted by molar-refractivity contribution is 7.90. The molecular formula is C10H13FN2O3S. The van der Waals surface area contributed by atoms with Crippen LogP contribution in [0.15, 0.2) is 18.2 Å². The molecule has 94 valence electrons. The smallest absolute Gasteiger partial charge is 0.251 e. The van der Waals surface area contributed by atoms with E-state index in [1.165, 1.54) is 12.1 Å². The number of nitrogens with one attached hydrogen (secondary N) is 1. The van der Waals surface area contributed by atoms with Crippen LogP contribution in [0.25, 0.3) is 0 Å². The highest BCUT2D eigenvalue weighted by atomic mass is 32.2. The molecule has 0 spiro atoms. The van der Waals surface area contributed by atoms with E-state index in [4.69, 9.17) is 5.73 Å². The Morgan fingerprint density at radius 3 is 2.65 bits per heavy atom. The van der Waals surface area contributed by atoms with E-state index in [0.717, 1.165) is 12.3 Å². The molecule has 3 N–H and O–H groups in total. The van der Waals surface area contributed by atoms with Crippen molar-refractivity contribution in [2.45, 2.75) is 0 Å². The van der Waals surface area contributed by atoms with E-state index < -0.39 is 21.6 Å². The second-order valence-corrected chi connectivity index (χ2v) is 5.88. The summed E-state index contributed by atoms with van der Waals surface area (Å²) < 4.78 is 34.7. The van der Waals surface area contributed by atoms with Gasteiger partial charge in [-0.25, -0.2) is 12.8 Å². The van der Waals surface area contributed by atoms with Gasteiger partial charge in [0.1, 0.15) is 15.7 Å². The van der Waals surface area contributed by atoms with Gasteiger partial charge in [-0.1, -0.05) is 0 Å². The topological polar surface area (TPSA) is 89.3 Å². The summed E-state index contributed by atoms with van der Waals surface area (Å²) in [7, 11) is -3.13. The fourth-order valence-corrected chi connectivity index (χ4v) is 1.59. The molecule has 17 heavy (non-hydrogen) atoms. The molecule has 0 fully saturated rings. The van der Waals surface area contributed by atoms with Crippen molar-refractivity contribution < 1.29 is 17.6 Å². The van der Waals surface area contributed by atoms with Crippen LogP contribution in [0.3, 0.4) is 0 Å². The van der Waals surface area contributed by atoms with Crippen LogP contribution in [0.4, 0.5) is 10.1 Å². The number of carbonyl (C=O) groups is 1. The Morgan fingerprint density at radius 1 is 1.47 bits per heavy atom. The van der Waals surface area contributed by atoms with Gasteiger partial charge in [-0.15, -0.1) is 0 Å². The van der Waals surface area contributed by atoms with Crippen LogP contribution >= 0.6 is 0 Å². The first-order chi connectivity index (χ1) is 7.79.